The Bertz CT molecular complexity index is 1280. The third-order valence-electron chi connectivity index (χ3n) is 5.55. The smallest absolute Gasteiger partial charge is 0.252 e. The maximum atomic E-state index is 13.2. The molecular weight excluding hydrogens is 411 g/mol. The third kappa shape index (κ3) is 4.74. The molecule has 9 heteroatoms. The van der Waals surface area contributed by atoms with Crippen molar-refractivity contribution in [1.82, 2.24) is 30.1 Å². The van der Waals surface area contributed by atoms with Crippen LogP contribution in [0.5, 0.6) is 0 Å². The second kappa shape index (κ2) is 9.37. The highest BCUT2D eigenvalue weighted by Crippen LogP contribution is 2.20. The van der Waals surface area contributed by atoms with Crippen molar-refractivity contribution < 1.29 is 9.50 Å². The predicted molar refractivity (Wildman–Crippen MR) is 119 cm³/mol. The number of aryl methyl sites for hydroxylation is 2. The number of halogens is 1. The van der Waals surface area contributed by atoms with E-state index in [2.05, 4.69) is 20.5 Å². The fourth-order valence-corrected chi connectivity index (χ4v) is 3.75. The first kappa shape index (κ1) is 21.8. The van der Waals surface area contributed by atoms with E-state index in [1.165, 1.54) is 12.1 Å². The van der Waals surface area contributed by atoms with Crippen molar-refractivity contribution in [3.8, 4) is 0 Å². The van der Waals surface area contributed by atoms with Crippen LogP contribution in [0.15, 0.2) is 47.3 Å². The molecule has 2 aromatic carbocycles. The molecule has 0 fully saturated rings. The van der Waals surface area contributed by atoms with Crippen LogP contribution in [0.4, 0.5) is 4.39 Å². The molecule has 0 saturated heterocycles. The number of H-pyrrole nitrogens is 1. The molecule has 4 rings (SSSR count). The molecule has 2 heterocycles. The topological polar surface area (TPSA) is 99.9 Å². The van der Waals surface area contributed by atoms with Gasteiger partial charge in [-0.2, -0.15) is 0 Å². The average Bonchev–Trinajstić information content (AvgIpc) is 3.20. The molecule has 0 bridgehead atoms. The number of rotatable bonds is 8. The summed E-state index contributed by atoms with van der Waals surface area (Å²) in [5.41, 5.74) is 4.26. The van der Waals surface area contributed by atoms with Crippen LogP contribution in [0.2, 0.25) is 0 Å². The maximum absolute atomic E-state index is 13.2. The standard InChI is InChI=1S/C23H25FN6O2/c1-15-3-4-16(2)22-20(15)11-18(23(32)25-22)13-29(9-10-31)14-21-26-27-28-30(21)12-17-5-7-19(24)8-6-17/h3-8,11,31H,9-10,12-14H2,1-2H3,(H,25,32). The van der Waals surface area contributed by atoms with Gasteiger partial charge in [0.2, 0.25) is 0 Å². The highest BCUT2D eigenvalue weighted by molar-refractivity contribution is 5.85. The molecule has 0 aliphatic carbocycles. The Morgan fingerprint density at radius 1 is 1.09 bits per heavy atom. The molecule has 0 atom stereocenters. The molecular formula is C23H25FN6O2. The molecule has 166 valence electrons. The molecule has 0 aliphatic heterocycles. The van der Waals surface area contributed by atoms with Crippen LogP contribution >= 0.6 is 0 Å². The number of fused-ring (bicyclic) bond motifs is 1. The Labute approximate surface area is 184 Å². The van der Waals surface area contributed by atoms with Crippen LogP contribution in [-0.4, -0.2) is 48.3 Å². The van der Waals surface area contributed by atoms with Crippen LogP contribution in [-0.2, 0) is 19.6 Å². The van der Waals surface area contributed by atoms with Gasteiger partial charge < -0.3 is 10.1 Å². The summed E-state index contributed by atoms with van der Waals surface area (Å²) in [5, 5.41) is 22.5. The van der Waals surface area contributed by atoms with Crippen molar-refractivity contribution >= 4 is 10.9 Å². The van der Waals surface area contributed by atoms with Crippen molar-refractivity contribution in [3.63, 3.8) is 0 Å². The van der Waals surface area contributed by atoms with E-state index < -0.39 is 0 Å². The Kier molecular flexibility index (Phi) is 6.38. The number of hydrogen-bond donors (Lipinski definition) is 2. The van der Waals surface area contributed by atoms with Crippen molar-refractivity contribution in [3.05, 3.63) is 86.7 Å². The highest BCUT2D eigenvalue weighted by atomic mass is 19.1. The summed E-state index contributed by atoms with van der Waals surface area (Å²) in [4.78, 5) is 17.7. The first-order chi connectivity index (χ1) is 15.4. The molecule has 2 N–H and O–H groups in total. The Morgan fingerprint density at radius 2 is 1.84 bits per heavy atom. The van der Waals surface area contributed by atoms with E-state index in [1.54, 1.807) is 16.8 Å². The van der Waals surface area contributed by atoms with Gasteiger partial charge in [0, 0.05) is 24.0 Å². The summed E-state index contributed by atoms with van der Waals surface area (Å²) in [6.45, 7) is 5.35. The van der Waals surface area contributed by atoms with Crippen LogP contribution in [0.25, 0.3) is 10.9 Å². The van der Waals surface area contributed by atoms with Crippen molar-refractivity contribution in [2.24, 2.45) is 0 Å². The first-order valence-electron chi connectivity index (χ1n) is 10.4. The molecule has 8 nitrogen and oxygen atoms in total. The molecule has 0 amide bonds. The number of nitrogens with zero attached hydrogens (tertiary/aromatic N) is 5. The van der Waals surface area contributed by atoms with Crippen molar-refractivity contribution in [2.75, 3.05) is 13.2 Å². The van der Waals surface area contributed by atoms with E-state index >= 15 is 0 Å². The largest absolute Gasteiger partial charge is 0.395 e. The lowest BCUT2D eigenvalue weighted by Gasteiger charge is -2.21. The van der Waals surface area contributed by atoms with Gasteiger partial charge in [0.1, 0.15) is 5.82 Å². The lowest BCUT2D eigenvalue weighted by Crippen LogP contribution is -2.30. The second-order valence-corrected chi connectivity index (χ2v) is 7.93. The van der Waals surface area contributed by atoms with Crippen molar-refractivity contribution in [1.29, 1.82) is 0 Å². The zero-order valence-corrected chi connectivity index (χ0v) is 18.0. The third-order valence-corrected chi connectivity index (χ3v) is 5.55. The summed E-state index contributed by atoms with van der Waals surface area (Å²) in [5.74, 6) is 0.290. The molecule has 0 unspecified atom stereocenters. The van der Waals surface area contributed by atoms with E-state index in [0.717, 1.165) is 27.6 Å². The molecule has 0 spiro atoms. The zero-order chi connectivity index (χ0) is 22.7. The van der Waals surface area contributed by atoms with Crippen molar-refractivity contribution in [2.45, 2.75) is 33.5 Å². The lowest BCUT2D eigenvalue weighted by atomic mass is 10.0. The molecule has 32 heavy (non-hydrogen) atoms. The number of pyridine rings is 1. The first-order valence-corrected chi connectivity index (χ1v) is 10.4. The van der Waals surface area contributed by atoms with Crippen LogP contribution in [0, 0.1) is 19.7 Å². The van der Waals surface area contributed by atoms with Crippen LogP contribution < -0.4 is 5.56 Å². The number of aromatic amines is 1. The second-order valence-electron chi connectivity index (χ2n) is 7.93. The summed E-state index contributed by atoms with van der Waals surface area (Å²) in [6.07, 6.45) is 0. The van der Waals surface area contributed by atoms with E-state index in [9.17, 15) is 14.3 Å². The minimum Gasteiger partial charge on any atom is -0.395 e. The number of aliphatic hydroxyl groups is 1. The number of hydrogen-bond acceptors (Lipinski definition) is 6. The van der Waals surface area contributed by atoms with Gasteiger partial charge in [-0.3, -0.25) is 9.69 Å². The predicted octanol–water partition coefficient (Wildman–Crippen LogP) is 2.31. The Hall–Kier alpha value is -3.43. The van der Waals surface area contributed by atoms with Gasteiger partial charge >= 0.3 is 0 Å². The van der Waals surface area contributed by atoms with E-state index in [-0.39, 0.29) is 18.0 Å². The molecule has 4 aromatic rings. The van der Waals surface area contributed by atoms with Gasteiger partial charge in [-0.05, 0) is 59.2 Å². The van der Waals surface area contributed by atoms with Crippen LogP contribution in [0.1, 0.15) is 28.1 Å². The SMILES string of the molecule is Cc1ccc(C)c2[nH]c(=O)c(CN(CCO)Cc3nnnn3Cc3ccc(F)cc3)cc12. The quantitative estimate of drug-likeness (QED) is 0.440. The minimum atomic E-state index is -0.300. The fourth-order valence-electron chi connectivity index (χ4n) is 3.75. The summed E-state index contributed by atoms with van der Waals surface area (Å²) >= 11 is 0. The highest BCUT2D eigenvalue weighted by Gasteiger charge is 2.16. The van der Waals surface area contributed by atoms with Gasteiger partial charge in [0.05, 0.1) is 25.2 Å². The lowest BCUT2D eigenvalue weighted by molar-refractivity contribution is 0.179. The van der Waals surface area contributed by atoms with Gasteiger partial charge in [-0.25, -0.2) is 9.07 Å². The molecule has 2 aromatic heterocycles. The number of aliphatic hydroxyl groups excluding tert-OH is 1. The van der Waals surface area contributed by atoms with E-state index in [0.29, 0.717) is 37.6 Å². The van der Waals surface area contributed by atoms with Gasteiger partial charge in [-0.1, -0.05) is 24.3 Å². The number of nitrogens with one attached hydrogen (secondary N) is 1. The zero-order valence-electron chi connectivity index (χ0n) is 18.0. The Balaban J connectivity index is 1.57. The minimum absolute atomic E-state index is 0.0663. The van der Waals surface area contributed by atoms with E-state index in [1.807, 2.05) is 36.9 Å². The Morgan fingerprint density at radius 3 is 2.59 bits per heavy atom. The summed E-state index contributed by atoms with van der Waals surface area (Å²) in [7, 11) is 0. The monoisotopic (exact) mass is 436 g/mol. The molecule has 0 saturated carbocycles. The van der Waals surface area contributed by atoms with Gasteiger partial charge in [0.15, 0.2) is 5.82 Å². The van der Waals surface area contributed by atoms with Crippen LogP contribution in [0.3, 0.4) is 0 Å². The fraction of sp³-hybridized carbons (Fsp3) is 0.304. The maximum Gasteiger partial charge on any atom is 0.252 e. The van der Waals surface area contributed by atoms with Gasteiger partial charge in [0.25, 0.3) is 5.56 Å². The van der Waals surface area contributed by atoms with Gasteiger partial charge in [-0.15, -0.1) is 5.10 Å². The number of benzene rings is 2. The number of aromatic nitrogens is 5. The molecule has 0 aliphatic rings. The molecule has 0 radical (unpaired) electrons. The number of tetrazole rings is 1. The summed E-state index contributed by atoms with van der Waals surface area (Å²) in [6, 6.07) is 12.1. The normalized spacial score (nSPS) is 11.5. The average molecular weight is 436 g/mol. The van der Waals surface area contributed by atoms with E-state index in [4.69, 9.17) is 0 Å². The summed E-state index contributed by atoms with van der Waals surface area (Å²) < 4.78 is 14.8.